The predicted octanol–water partition coefficient (Wildman–Crippen LogP) is 2.42. The van der Waals surface area contributed by atoms with Crippen molar-refractivity contribution in [2.24, 2.45) is 5.92 Å². The Morgan fingerprint density at radius 1 is 1.20 bits per heavy atom. The first-order valence-corrected chi connectivity index (χ1v) is 8.18. The van der Waals surface area contributed by atoms with Gasteiger partial charge in [0.2, 0.25) is 11.9 Å². The lowest BCUT2D eigenvalue weighted by molar-refractivity contribution is -0.121. The van der Waals surface area contributed by atoms with Crippen LogP contribution in [0.2, 0.25) is 0 Å². The van der Waals surface area contributed by atoms with Crippen LogP contribution in [0, 0.1) is 18.7 Å². The molecule has 1 aromatic carbocycles. The van der Waals surface area contributed by atoms with Crippen molar-refractivity contribution >= 4 is 17.8 Å². The fourth-order valence-corrected chi connectivity index (χ4v) is 2.89. The molecule has 0 aliphatic carbocycles. The zero-order valence-electron chi connectivity index (χ0n) is 13.9. The Hall–Kier alpha value is -2.83. The third-order valence-electron chi connectivity index (χ3n) is 4.31. The maximum absolute atomic E-state index is 13.9. The SMILES string of the molecule is Cc1ccc(F)c(C(=O)N2CCC(C(=O)Nc3ncccn3)CC2)c1. The number of carbonyl (C=O) groups excluding carboxylic acids is 2. The Labute approximate surface area is 145 Å². The number of nitrogens with zero attached hydrogens (tertiary/aromatic N) is 3. The van der Waals surface area contributed by atoms with Gasteiger partial charge in [0.25, 0.3) is 5.91 Å². The summed E-state index contributed by atoms with van der Waals surface area (Å²) in [5.74, 6) is -0.939. The van der Waals surface area contributed by atoms with Crippen LogP contribution in [0.5, 0.6) is 0 Å². The van der Waals surface area contributed by atoms with E-state index in [1.165, 1.54) is 6.07 Å². The number of halogens is 1. The molecule has 7 heteroatoms. The van der Waals surface area contributed by atoms with Gasteiger partial charge < -0.3 is 4.90 Å². The number of hydrogen-bond donors (Lipinski definition) is 1. The van der Waals surface area contributed by atoms with Crippen molar-refractivity contribution in [2.45, 2.75) is 19.8 Å². The fourth-order valence-electron chi connectivity index (χ4n) is 2.89. The standard InChI is InChI=1S/C18H19FN4O2/c1-12-3-4-15(19)14(11-12)17(25)23-9-5-13(6-10-23)16(24)22-18-20-7-2-8-21-18/h2-4,7-8,11,13H,5-6,9-10H2,1H3,(H,20,21,22,24). The lowest BCUT2D eigenvalue weighted by Crippen LogP contribution is -2.41. The van der Waals surface area contributed by atoms with Crippen molar-refractivity contribution in [1.29, 1.82) is 0 Å². The zero-order chi connectivity index (χ0) is 17.8. The number of hydrogen-bond acceptors (Lipinski definition) is 4. The molecule has 0 spiro atoms. The van der Waals surface area contributed by atoms with Gasteiger partial charge in [-0.15, -0.1) is 0 Å². The van der Waals surface area contributed by atoms with Crippen LogP contribution in [0.25, 0.3) is 0 Å². The van der Waals surface area contributed by atoms with E-state index in [0.29, 0.717) is 25.9 Å². The van der Waals surface area contributed by atoms with Crippen molar-refractivity contribution in [1.82, 2.24) is 14.9 Å². The third kappa shape index (κ3) is 3.99. The molecule has 3 rings (SSSR count). The number of amides is 2. The fraction of sp³-hybridized carbons (Fsp3) is 0.333. The molecule has 2 aromatic rings. The Balaban J connectivity index is 1.59. The van der Waals surface area contributed by atoms with Gasteiger partial charge in [-0.25, -0.2) is 14.4 Å². The number of piperidine rings is 1. The van der Waals surface area contributed by atoms with Crippen molar-refractivity contribution < 1.29 is 14.0 Å². The van der Waals surface area contributed by atoms with Crippen LogP contribution >= 0.6 is 0 Å². The van der Waals surface area contributed by atoms with E-state index in [1.54, 1.807) is 35.5 Å². The molecule has 1 saturated heterocycles. The molecule has 0 radical (unpaired) electrons. The van der Waals surface area contributed by atoms with Crippen LogP contribution in [0.1, 0.15) is 28.8 Å². The first-order valence-electron chi connectivity index (χ1n) is 8.18. The van der Waals surface area contributed by atoms with E-state index in [1.807, 2.05) is 6.92 Å². The summed E-state index contributed by atoms with van der Waals surface area (Å²) < 4.78 is 13.9. The van der Waals surface area contributed by atoms with E-state index in [4.69, 9.17) is 0 Å². The van der Waals surface area contributed by atoms with Gasteiger partial charge in [-0.3, -0.25) is 14.9 Å². The topological polar surface area (TPSA) is 75.2 Å². The minimum absolute atomic E-state index is 0.0839. The maximum Gasteiger partial charge on any atom is 0.256 e. The van der Waals surface area contributed by atoms with Gasteiger partial charge in [-0.2, -0.15) is 0 Å². The van der Waals surface area contributed by atoms with Gasteiger partial charge in [0.1, 0.15) is 5.82 Å². The zero-order valence-corrected chi connectivity index (χ0v) is 13.9. The highest BCUT2D eigenvalue weighted by Crippen LogP contribution is 2.21. The monoisotopic (exact) mass is 342 g/mol. The highest BCUT2D eigenvalue weighted by molar-refractivity contribution is 5.95. The number of benzene rings is 1. The van der Waals surface area contributed by atoms with Crippen molar-refractivity contribution in [3.8, 4) is 0 Å². The molecule has 130 valence electrons. The average Bonchev–Trinajstić information content (AvgIpc) is 2.64. The predicted molar refractivity (Wildman–Crippen MR) is 90.4 cm³/mol. The molecule has 1 N–H and O–H groups in total. The summed E-state index contributed by atoms with van der Waals surface area (Å²) in [5, 5.41) is 2.68. The summed E-state index contributed by atoms with van der Waals surface area (Å²) in [6.07, 6.45) is 4.16. The van der Waals surface area contributed by atoms with E-state index in [0.717, 1.165) is 5.56 Å². The van der Waals surface area contributed by atoms with Crippen LogP contribution in [0.4, 0.5) is 10.3 Å². The normalized spacial score (nSPS) is 15.0. The van der Waals surface area contributed by atoms with Crippen molar-refractivity contribution in [3.05, 3.63) is 53.6 Å². The van der Waals surface area contributed by atoms with Gasteiger partial charge in [0.15, 0.2) is 0 Å². The number of nitrogens with one attached hydrogen (secondary N) is 1. The average molecular weight is 342 g/mol. The summed E-state index contributed by atoms with van der Waals surface area (Å²) in [6, 6.07) is 6.17. The summed E-state index contributed by atoms with van der Waals surface area (Å²) in [7, 11) is 0. The van der Waals surface area contributed by atoms with E-state index in [-0.39, 0.29) is 29.2 Å². The second kappa shape index (κ2) is 7.38. The minimum Gasteiger partial charge on any atom is -0.339 e. The van der Waals surface area contributed by atoms with E-state index >= 15 is 0 Å². The molecule has 0 saturated carbocycles. The Bertz CT molecular complexity index is 774. The quantitative estimate of drug-likeness (QED) is 0.929. The highest BCUT2D eigenvalue weighted by atomic mass is 19.1. The third-order valence-corrected chi connectivity index (χ3v) is 4.31. The van der Waals surface area contributed by atoms with Crippen molar-refractivity contribution in [3.63, 3.8) is 0 Å². The molecule has 6 nitrogen and oxygen atoms in total. The number of aromatic nitrogens is 2. The molecule has 2 amide bonds. The highest BCUT2D eigenvalue weighted by Gasteiger charge is 2.29. The van der Waals surface area contributed by atoms with E-state index < -0.39 is 5.82 Å². The van der Waals surface area contributed by atoms with Crippen LogP contribution < -0.4 is 5.32 Å². The molecular weight excluding hydrogens is 323 g/mol. The van der Waals surface area contributed by atoms with E-state index in [2.05, 4.69) is 15.3 Å². The van der Waals surface area contributed by atoms with E-state index in [9.17, 15) is 14.0 Å². The number of likely N-dealkylation sites (tertiary alicyclic amines) is 1. The summed E-state index contributed by atoms with van der Waals surface area (Å²) in [5.41, 5.74) is 0.919. The lowest BCUT2D eigenvalue weighted by Gasteiger charge is -2.31. The minimum atomic E-state index is -0.517. The first-order chi connectivity index (χ1) is 12.0. The second-order valence-corrected chi connectivity index (χ2v) is 6.11. The lowest BCUT2D eigenvalue weighted by atomic mass is 9.95. The summed E-state index contributed by atoms with van der Waals surface area (Å²) >= 11 is 0. The summed E-state index contributed by atoms with van der Waals surface area (Å²) in [6.45, 7) is 2.65. The van der Waals surface area contributed by atoms with Crippen LogP contribution in [0.15, 0.2) is 36.7 Å². The van der Waals surface area contributed by atoms with Crippen LogP contribution in [-0.2, 0) is 4.79 Å². The molecule has 25 heavy (non-hydrogen) atoms. The molecule has 0 unspecified atom stereocenters. The van der Waals surface area contributed by atoms with Gasteiger partial charge in [0.05, 0.1) is 5.56 Å². The molecule has 2 heterocycles. The van der Waals surface area contributed by atoms with Gasteiger partial charge in [-0.1, -0.05) is 11.6 Å². The van der Waals surface area contributed by atoms with Crippen molar-refractivity contribution in [2.75, 3.05) is 18.4 Å². The Morgan fingerprint density at radius 2 is 1.88 bits per heavy atom. The molecular formula is C18H19FN4O2. The Morgan fingerprint density at radius 3 is 2.56 bits per heavy atom. The molecule has 0 atom stereocenters. The number of anilines is 1. The number of aryl methyl sites for hydroxylation is 1. The van der Waals surface area contributed by atoms with Crippen LogP contribution in [-0.4, -0.2) is 39.8 Å². The van der Waals surface area contributed by atoms with Gasteiger partial charge >= 0.3 is 0 Å². The smallest absolute Gasteiger partial charge is 0.256 e. The summed E-state index contributed by atoms with van der Waals surface area (Å²) in [4.78, 5) is 34.3. The first kappa shape index (κ1) is 17.0. The van der Waals surface area contributed by atoms with Crippen LogP contribution in [0.3, 0.4) is 0 Å². The largest absolute Gasteiger partial charge is 0.339 e. The number of carbonyl (C=O) groups is 2. The van der Waals surface area contributed by atoms with Gasteiger partial charge in [0, 0.05) is 31.4 Å². The Kier molecular flexibility index (Phi) is 5.02. The molecule has 0 bridgehead atoms. The molecule has 1 aliphatic heterocycles. The van der Waals surface area contributed by atoms with Gasteiger partial charge in [-0.05, 0) is 38.0 Å². The number of rotatable bonds is 3. The second-order valence-electron chi connectivity index (χ2n) is 6.11. The maximum atomic E-state index is 13.9. The molecule has 1 aliphatic rings. The molecule has 1 fully saturated rings. The molecule has 1 aromatic heterocycles.